The predicted molar refractivity (Wildman–Crippen MR) is 121 cm³/mol. The summed E-state index contributed by atoms with van der Waals surface area (Å²) in [5.41, 5.74) is 0.174. The molecule has 8 nitrogen and oxygen atoms in total. The maximum atomic E-state index is 14.7. The van der Waals surface area contributed by atoms with Crippen LogP contribution in [0.2, 0.25) is 0 Å². The molecule has 1 aromatic rings. The standard InChI is InChI=1S/C22H27ClF2N6O2/c1-28-18(21-29-20(15-32)30-33-21)9-10-19(27)31(13-5-4-12-26)14-6-11-22(24,25)16-7-2-3-8-17(16)23/h7-10,27,32H,2-6,11,13-15H2,1H3/b10-9-,27-19?,28-18?. The number of nitrogens with one attached hydrogen (secondary N) is 1. The highest BCUT2D eigenvalue weighted by atomic mass is 35.5. The lowest BCUT2D eigenvalue weighted by Crippen LogP contribution is -2.32. The smallest absolute Gasteiger partial charge is 0.276 e. The third kappa shape index (κ3) is 7.87. The van der Waals surface area contributed by atoms with E-state index < -0.39 is 12.3 Å². The number of nitriles is 1. The van der Waals surface area contributed by atoms with Crippen molar-refractivity contribution in [3.05, 3.63) is 46.6 Å². The van der Waals surface area contributed by atoms with Crippen LogP contribution >= 0.6 is 11.6 Å². The predicted octanol–water partition coefficient (Wildman–Crippen LogP) is 4.38. The number of alkyl halides is 2. The maximum Gasteiger partial charge on any atom is 0.276 e. The Kier molecular flexibility index (Phi) is 10.4. The van der Waals surface area contributed by atoms with Gasteiger partial charge in [0.2, 0.25) is 0 Å². The van der Waals surface area contributed by atoms with E-state index in [1.165, 1.54) is 25.3 Å². The molecule has 0 bridgehead atoms. The van der Waals surface area contributed by atoms with Crippen molar-refractivity contribution >= 4 is 23.1 Å². The normalized spacial score (nSPS) is 14.7. The van der Waals surface area contributed by atoms with Gasteiger partial charge in [0.25, 0.3) is 11.8 Å². The van der Waals surface area contributed by atoms with Crippen LogP contribution in [0.3, 0.4) is 0 Å². The van der Waals surface area contributed by atoms with Gasteiger partial charge in [-0.3, -0.25) is 10.4 Å². The van der Waals surface area contributed by atoms with Crippen molar-refractivity contribution in [2.75, 3.05) is 20.1 Å². The molecule has 0 spiro atoms. The Labute approximate surface area is 196 Å². The first kappa shape index (κ1) is 26.4. The molecule has 0 unspecified atom stereocenters. The van der Waals surface area contributed by atoms with Crippen LogP contribution in [-0.2, 0) is 6.61 Å². The number of hydrogen-bond donors (Lipinski definition) is 2. The van der Waals surface area contributed by atoms with E-state index in [9.17, 15) is 8.78 Å². The number of halogens is 3. The van der Waals surface area contributed by atoms with Crippen LogP contribution in [0.1, 0.15) is 50.2 Å². The summed E-state index contributed by atoms with van der Waals surface area (Å²) in [5.74, 6) is -2.77. The van der Waals surface area contributed by atoms with E-state index in [0.717, 1.165) is 0 Å². The molecule has 0 amide bonds. The van der Waals surface area contributed by atoms with E-state index in [4.69, 9.17) is 31.9 Å². The lowest BCUT2D eigenvalue weighted by atomic mass is 9.97. The first-order chi connectivity index (χ1) is 15.8. The van der Waals surface area contributed by atoms with Crippen molar-refractivity contribution in [1.82, 2.24) is 15.0 Å². The second kappa shape index (κ2) is 13.0. The number of rotatable bonds is 12. The van der Waals surface area contributed by atoms with Gasteiger partial charge in [-0.15, -0.1) is 0 Å². The van der Waals surface area contributed by atoms with Gasteiger partial charge >= 0.3 is 0 Å². The number of aliphatic imine (C=N–C) groups is 1. The second-order valence-electron chi connectivity index (χ2n) is 7.31. The molecule has 0 aliphatic heterocycles. The minimum absolute atomic E-state index is 0.0779. The average molecular weight is 481 g/mol. The van der Waals surface area contributed by atoms with Crippen molar-refractivity contribution in [3.8, 4) is 6.07 Å². The Bertz CT molecular complexity index is 978. The maximum absolute atomic E-state index is 14.7. The van der Waals surface area contributed by atoms with E-state index >= 15 is 0 Å². The van der Waals surface area contributed by atoms with Crippen LogP contribution in [-0.4, -0.2) is 57.8 Å². The summed E-state index contributed by atoms with van der Waals surface area (Å²) in [6.07, 6.45) is 7.78. The van der Waals surface area contributed by atoms with Crippen molar-refractivity contribution in [2.45, 2.75) is 51.1 Å². The molecule has 11 heteroatoms. The van der Waals surface area contributed by atoms with Crippen LogP contribution in [0, 0.1) is 16.7 Å². The summed E-state index contributed by atoms with van der Waals surface area (Å²) in [6.45, 7) is 0.210. The molecule has 0 saturated carbocycles. The highest BCUT2D eigenvalue weighted by Gasteiger charge is 2.35. The number of aromatic nitrogens is 2. The Morgan fingerprint density at radius 1 is 1.36 bits per heavy atom. The van der Waals surface area contributed by atoms with Crippen LogP contribution in [0.5, 0.6) is 0 Å². The summed E-state index contributed by atoms with van der Waals surface area (Å²) in [5, 5.41) is 29.9. The van der Waals surface area contributed by atoms with E-state index in [0.29, 0.717) is 37.9 Å². The number of amidine groups is 1. The minimum Gasteiger partial charge on any atom is -0.388 e. The molecular formula is C22H27ClF2N6O2. The fraction of sp³-hybridized carbons (Fsp3) is 0.500. The first-order valence-electron chi connectivity index (χ1n) is 10.6. The molecule has 0 radical (unpaired) electrons. The SMILES string of the molecule is CN=C(/C=C\C(=N)N(CCCC#N)CCCC(F)(F)C1=CCCC=C1Cl)c1nc(CO)no1. The van der Waals surface area contributed by atoms with Gasteiger partial charge in [-0.05, 0) is 37.8 Å². The second-order valence-corrected chi connectivity index (χ2v) is 7.71. The van der Waals surface area contributed by atoms with Crippen LogP contribution in [0.25, 0.3) is 0 Å². The Hall–Kier alpha value is -2.90. The van der Waals surface area contributed by atoms with Gasteiger partial charge in [-0.25, -0.2) is 8.78 Å². The van der Waals surface area contributed by atoms with Crippen LogP contribution < -0.4 is 0 Å². The molecule has 33 heavy (non-hydrogen) atoms. The molecule has 0 aromatic carbocycles. The molecule has 0 saturated heterocycles. The zero-order chi connectivity index (χ0) is 24.3. The van der Waals surface area contributed by atoms with E-state index in [1.807, 2.05) is 6.07 Å². The Morgan fingerprint density at radius 2 is 2.09 bits per heavy atom. The van der Waals surface area contributed by atoms with E-state index in [1.54, 1.807) is 11.0 Å². The largest absolute Gasteiger partial charge is 0.388 e. The molecular weight excluding hydrogens is 454 g/mol. The number of hydrogen-bond acceptors (Lipinski definition) is 7. The van der Waals surface area contributed by atoms with Gasteiger partial charge in [0.1, 0.15) is 18.2 Å². The summed E-state index contributed by atoms with van der Waals surface area (Å²) in [6, 6.07) is 2.05. The molecule has 2 rings (SSSR count). The Balaban J connectivity index is 2.02. The fourth-order valence-electron chi connectivity index (χ4n) is 3.22. The van der Waals surface area contributed by atoms with Gasteiger partial charge in [0.15, 0.2) is 5.82 Å². The number of aliphatic hydroxyl groups is 1. The summed E-state index contributed by atoms with van der Waals surface area (Å²) in [4.78, 5) is 9.65. The number of aliphatic hydroxyl groups excluding tert-OH is 1. The van der Waals surface area contributed by atoms with Gasteiger partial charge < -0.3 is 14.5 Å². The van der Waals surface area contributed by atoms with E-state index in [2.05, 4.69) is 15.1 Å². The summed E-state index contributed by atoms with van der Waals surface area (Å²) >= 11 is 5.98. The molecule has 2 N–H and O–H groups in total. The third-order valence-corrected chi connectivity index (χ3v) is 5.29. The first-order valence-corrected chi connectivity index (χ1v) is 10.9. The fourth-order valence-corrected chi connectivity index (χ4v) is 3.55. The van der Waals surface area contributed by atoms with E-state index in [-0.39, 0.29) is 47.7 Å². The molecule has 1 aliphatic rings. The molecule has 178 valence electrons. The average Bonchev–Trinajstić information content (AvgIpc) is 3.27. The number of allylic oxidation sites excluding steroid dienone is 5. The third-order valence-electron chi connectivity index (χ3n) is 4.93. The van der Waals surface area contributed by atoms with Gasteiger partial charge in [-0.2, -0.15) is 10.2 Å². The summed E-state index contributed by atoms with van der Waals surface area (Å²) < 4.78 is 34.3. The van der Waals surface area contributed by atoms with Gasteiger partial charge in [0, 0.05) is 43.6 Å². The molecule has 1 aliphatic carbocycles. The zero-order valence-electron chi connectivity index (χ0n) is 18.4. The lowest BCUT2D eigenvalue weighted by Gasteiger charge is -2.26. The molecule has 0 atom stereocenters. The lowest BCUT2D eigenvalue weighted by molar-refractivity contribution is 0.0313. The zero-order valence-corrected chi connectivity index (χ0v) is 19.2. The summed E-state index contributed by atoms with van der Waals surface area (Å²) in [7, 11) is 1.51. The van der Waals surface area contributed by atoms with Crippen molar-refractivity contribution in [2.24, 2.45) is 4.99 Å². The van der Waals surface area contributed by atoms with Crippen molar-refractivity contribution in [3.63, 3.8) is 0 Å². The molecule has 1 aromatic heterocycles. The quantitative estimate of drug-likeness (QED) is 0.260. The molecule has 1 heterocycles. The number of nitrogens with zero attached hydrogens (tertiary/aromatic N) is 5. The highest BCUT2D eigenvalue weighted by molar-refractivity contribution is 6.32. The van der Waals surface area contributed by atoms with Crippen LogP contribution in [0.15, 0.2) is 44.4 Å². The Morgan fingerprint density at radius 3 is 2.73 bits per heavy atom. The van der Waals surface area contributed by atoms with Crippen molar-refractivity contribution < 1.29 is 18.4 Å². The highest BCUT2D eigenvalue weighted by Crippen LogP contribution is 2.38. The van der Waals surface area contributed by atoms with Gasteiger partial charge in [0.05, 0.1) is 6.07 Å². The van der Waals surface area contributed by atoms with Gasteiger partial charge in [-0.1, -0.05) is 28.9 Å². The molecule has 0 fully saturated rings. The van der Waals surface area contributed by atoms with Crippen LogP contribution in [0.4, 0.5) is 8.78 Å². The topological polar surface area (TPSA) is 122 Å². The minimum atomic E-state index is -3.05. The monoisotopic (exact) mass is 480 g/mol. The van der Waals surface area contributed by atoms with Crippen molar-refractivity contribution in [1.29, 1.82) is 10.7 Å². The number of unbranched alkanes of at least 4 members (excludes halogenated alkanes) is 1.